The lowest BCUT2D eigenvalue weighted by Gasteiger charge is -2.35. The molecule has 1 heterocycles. The summed E-state index contributed by atoms with van der Waals surface area (Å²) in [5.41, 5.74) is 3.22. The molecule has 8 heteroatoms. The van der Waals surface area contributed by atoms with Gasteiger partial charge in [-0.1, -0.05) is 49.5 Å². The van der Waals surface area contributed by atoms with Gasteiger partial charge in [-0.25, -0.2) is 4.79 Å². The van der Waals surface area contributed by atoms with Gasteiger partial charge in [0.1, 0.15) is 23.2 Å². The lowest BCUT2D eigenvalue weighted by molar-refractivity contribution is -0.242. The molecule has 0 saturated carbocycles. The van der Waals surface area contributed by atoms with E-state index in [0.29, 0.717) is 17.5 Å². The Morgan fingerprint density at radius 2 is 1.84 bits per heavy atom. The van der Waals surface area contributed by atoms with Crippen molar-refractivity contribution < 1.29 is 39.8 Å². The molecule has 2 rings (SSSR count). The van der Waals surface area contributed by atoms with Crippen LogP contribution in [0.1, 0.15) is 87.7 Å². The van der Waals surface area contributed by atoms with Crippen molar-refractivity contribution in [2.45, 2.75) is 97.6 Å². The number of aromatic hydroxyl groups is 1. The van der Waals surface area contributed by atoms with Crippen molar-refractivity contribution in [1.82, 2.24) is 0 Å². The predicted octanol–water partition coefficient (Wildman–Crippen LogP) is 4.51. The van der Waals surface area contributed by atoms with E-state index in [-0.39, 0.29) is 36.7 Å². The van der Waals surface area contributed by atoms with E-state index < -0.39 is 30.4 Å². The lowest BCUT2D eigenvalue weighted by atomic mass is 9.93. The molecule has 0 spiro atoms. The Kier molecular flexibility index (Phi) is 12.6. The number of carboxylic acids is 1. The highest BCUT2D eigenvalue weighted by Crippen LogP contribution is 2.37. The van der Waals surface area contributed by atoms with Crippen LogP contribution in [-0.4, -0.2) is 63.2 Å². The molecule has 208 valence electrons. The summed E-state index contributed by atoms with van der Waals surface area (Å²) in [4.78, 5) is 12.4. The van der Waals surface area contributed by atoms with Gasteiger partial charge in [0, 0.05) is 11.5 Å². The number of hydrogen-bond donors (Lipinski definition) is 5. The Balaban J connectivity index is 2.38. The van der Waals surface area contributed by atoms with Crippen LogP contribution in [0.3, 0.4) is 0 Å². The van der Waals surface area contributed by atoms with Gasteiger partial charge in [-0.3, -0.25) is 0 Å². The topological polar surface area (TPSA) is 137 Å². The van der Waals surface area contributed by atoms with Crippen LogP contribution in [0.15, 0.2) is 29.4 Å². The number of carboxylic acid groups (broad SMARTS) is 1. The molecule has 1 aliphatic heterocycles. The number of unbranched alkanes of at least 4 members (excludes halogenated alkanes) is 3. The number of benzene rings is 1. The maximum atomic E-state index is 12.4. The SMILES string of the molecule is CCCCCCc1cc(O)c(C/C=C(\C)CCC=C(C)C)c(OC[C@H]2CO[C@H](O)[C@@H](O)[C@@H]2O)c1C(=O)O. The minimum atomic E-state index is -1.49. The second kappa shape index (κ2) is 15.1. The minimum absolute atomic E-state index is 0.00620. The summed E-state index contributed by atoms with van der Waals surface area (Å²) in [5, 5.41) is 51.0. The Labute approximate surface area is 220 Å². The van der Waals surface area contributed by atoms with Crippen LogP contribution >= 0.6 is 0 Å². The molecule has 0 amide bonds. The number of carbonyl (C=O) groups is 1. The molecule has 1 fully saturated rings. The highest BCUT2D eigenvalue weighted by molar-refractivity contribution is 5.94. The average Bonchev–Trinajstić information content (AvgIpc) is 2.83. The molecule has 0 bridgehead atoms. The summed E-state index contributed by atoms with van der Waals surface area (Å²) < 4.78 is 11.1. The Morgan fingerprint density at radius 3 is 2.49 bits per heavy atom. The Bertz CT molecular complexity index is 948. The first kappa shape index (κ1) is 30.8. The zero-order chi connectivity index (χ0) is 27.5. The third-order valence-corrected chi connectivity index (χ3v) is 6.75. The van der Waals surface area contributed by atoms with E-state index in [1.54, 1.807) is 0 Å². The standard InChI is InChI=1S/C29H44O8/c1-5-6-7-8-12-20-15-23(30)22(14-13-19(4)11-9-10-18(2)3)27(24(20)28(33)34)36-16-21-17-37-29(35)26(32)25(21)31/h10,13,15,21,25-26,29-32,35H,5-9,11-12,14,16-17H2,1-4H3,(H,33,34)/b19-13+/t21-,25+,26-,29-/m0/s1. The summed E-state index contributed by atoms with van der Waals surface area (Å²) in [6.45, 7) is 7.98. The van der Waals surface area contributed by atoms with E-state index in [4.69, 9.17) is 9.47 Å². The maximum Gasteiger partial charge on any atom is 0.339 e. The van der Waals surface area contributed by atoms with E-state index in [1.807, 2.05) is 26.8 Å². The second-order valence-corrected chi connectivity index (χ2v) is 10.2. The molecular formula is C29H44O8. The highest BCUT2D eigenvalue weighted by Gasteiger charge is 2.38. The van der Waals surface area contributed by atoms with Crippen molar-refractivity contribution in [3.8, 4) is 11.5 Å². The fraction of sp³-hybridized carbons (Fsp3) is 0.621. The van der Waals surface area contributed by atoms with E-state index in [9.17, 15) is 30.3 Å². The zero-order valence-corrected chi connectivity index (χ0v) is 22.6. The number of phenols is 1. The molecule has 1 aromatic rings. The molecule has 1 aliphatic rings. The van der Waals surface area contributed by atoms with E-state index in [0.717, 1.165) is 44.1 Å². The van der Waals surface area contributed by atoms with Crippen LogP contribution in [0.25, 0.3) is 0 Å². The molecule has 37 heavy (non-hydrogen) atoms. The average molecular weight is 521 g/mol. The molecule has 0 radical (unpaired) electrons. The number of ether oxygens (including phenoxy) is 2. The van der Waals surface area contributed by atoms with Gasteiger partial charge in [0.25, 0.3) is 0 Å². The molecule has 4 atom stereocenters. The van der Waals surface area contributed by atoms with Crippen molar-refractivity contribution in [2.24, 2.45) is 5.92 Å². The van der Waals surface area contributed by atoms with Crippen molar-refractivity contribution in [2.75, 3.05) is 13.2 Å². The molecule has 5 N–H and O–H groups in total. The zero-order valence-electron chi connectivity index (χ0n) is 22.6. The molecule has 0 aromatic heterocycles. The van der Waals surface area contributed by atoms with Crippen molar-refractivity contribution in [3.05, 3.63) is 46.1 Å². The van der Waals surface area contributed by atoms with E-state index in [2.05, 4.69) is 13.0 Å². The van der Waals surface area contributed by atoms with Gasteiger partial charge in [-0.05, 0) is 64.5 Å². The number of aliphatic hydroxyl groups excluding tert-OH is 3. The maximum absolute atomic E-state index is 12.4. The summed E-state index contributed by atoms with van der Waals surface area (Å²) in [7, 11) is 0. The number of aryl methyl sites for hydroxylation is 1. The van der Waals surface area contributed by atoms with Crippen LogP contribution in [0, 0.1) is 5.92 Å². The van der Waals surface area contributed by atoms with Gasteiger partial charge in [0.05, 0.1) is 19.3 Å². The summed E-state index contributed by atoms with van der Waals surface area (Å²) >= 11 is 0. The summed E-state index contributed by atoms with van der Waals surface area (Å²) in [5.74, 6) is -1.81. The highest BCUT2D eigenvalue weighted by atomic mass is 16.6. The lowest BCUT2D eigenvalue weighted by Crippen LogP contribution is -2.51. The van der Waals surface area contributed by atoms with Crippen LogP contribution in [-0.2, 0) is 17.6 Å². The molecule has 0 aliphatic carbocycles. The molecule has 8 nitrogen and oxygen atoms in total. The first-order valence-corrected chi connectivity index (χ1v) is 13.2. The number of hydrogen-bond acceptors (Lipinski definition) is 7. The number of phenolic OH excluding ortho intramolecular Hbond substituents is 1. The molecule has 0 unspecified atom stereocenters. The van der Waals surface area contributed by atoms with Gasteiger partial charge >= 0.3 is 5.97 Å². The fourth-order valence-electron chi connectivity index (χ4n) is 4.44. The van der Waals surface area contributed by atoms with Crippen LogP contribution in [0.5, 0.6) is 11.5 Å². The Hall–Kier alpha value is -2.39. The predicted molar refractivity (Wildman–Crippen MR) is 142 cm³/mol. The third kappa shape index (κ3) is 9.14. The van der Waals surface area contributed by atoms with Crippen LogP contribution in [0.4, 0.5) is 0 Å². The smallest absolute Gasteiger partial charge is 0.339 e. The van der Waals surface area contributed by atoms with Crippen LogP contribution in [0.2, 0.25) is 0 Å². The largest absolute Gasteiger partial charge is 0.508 e. The fourth-order valence-corrected chi connectivity index (χ4v) is 4.44. The summed E-state index contributed by atoms with van der Waals surface area (Å²) in [6, 6.07) is 1.53. The first-order valence-electron chi connectivity index (χ1n) is 13.2. The first-order chi connectivity index (χ1) is 17.6. The van der Waals surface area contributed by atoms with Gasteiger partial charge < -0.3 is 35.0 Å². The van der Waals surface area contributed by atoms with Crippen molar-refractivity contribution in [1.29, 1.82) is 0 Å². The third-order valence-electron chi connectivity index (χ3n) is 6.75. The van der Waals surface area contributed by atoms with Gasteiger partial charge in [0.15, 0.2) is 6.29 Å². The van der Waals surface area contributed by atoms with Gasteiger partial charge in [0.2, 0.25) is 0 Å². The normalized spacial score (nSPS) is 22.1. The second-order valence-electron chi connectivity index (χ2n) is 10.2. The van der Waals surface area contributed by atoms with E-state index >= 15 is 0 Å². The number of aromatic carboxylic acids is 1. The van der Waals surface area contributed by atoms with Crippen molar-refractivity contribution >= 4 is 5.97 Å². The molecular weight excluding hydrogens is 476 g/mol. The number of rotatable bonds is 14. The van der Waals surface area contributed by atoms with Crippen LogP contribution < -0.4 is 4.74 Å². The number of aliphatic hydroxyl groups is 3. The summed E-state index contributed by atoms with van der Waals surface area (Å²) in [6.07, 6.45) is 6.17. The van der Waals surface area contributed by atoms with Gasteiger partial charge in [-0.2, -0.15) is 0 Å². The number of allylic oxidation sites excluding steroid dienone is 4. The quantitative estimate of drug-likeness (QED) is 0.178. The Morgan fingerprint density at radius 1 is 1.11 bits per heavy atom. The van der Waals surface area contributed by atoms with Crippen molar-refractivity contribution in [3.63, 3.8) is 0 Å². The van der Waals surface area contributed by atoms with Gasteiger partial charge in [-0.15, -0.1) is 0 Å². The monoisotopic (exact) mass is 520 g/mol. The molecule has 1 aromatic carbocycles. The van der Waals surface area contributed by atoms with E-state index in [1.165, 1.54) is 11.6 Å². The molecule has 1 saturated heterocycles. The minimum Gasteiger partial charge on any atom is -0.508 e.